The first-order valence-corrected chi connectivity index (χ1v) is 12.5. The van der Waals surface area contributed by atoms with E-state index in [4.69, 9.17) is 27.1 Å². The summed E-state index contributed by atoms with van der Waals surface area (Å²) >= 11 is 0. The van der Waals surface area contributed by atoms with Crippen molar-refractivity contribution in [3.8, 4) is 0 Å². The molecule has 0 radical (unpaired) electrons. The molecule has 2 saturated heterocycles. The molecule has 4 aliphatic rings. The fraction of sp³-hybridized carbons (Fsp3) is 1.00. The molecule has 0 spiro atoms. The van der Waals surface area contributed by atoms with Crippen LogP contribution in [0.4, 0.5) is 0 Å². The molecule has 0 aromatic carbocycles. The minimum atomic E-state index is -0.995. The van der Waals surface area contributed by atoms with Gasteiger partial charge in [-0.3, -0.25) is 0 Å². The van der Waals surface area contributed by atoms with E-state index in [1.165, 1.54) is 64.2 Å². The van der Waals surface area contributed by atoms with Gasteiger partial charge in [-0.1, -0.05) is 38.5 Å². The number of hydrogen-bond donors (Lipinski definition) is 0. The quantitative estimate of drug-likeness (QED) is 0.282. The molecule has 10 heteroatoms. The van der Waals surface area contributed by atoms with Crippen molar-refractivity contribution in [1.82, 2.24) is 0 Å². The van der Waals surface area contributed by atoms with Crippen LogP contribution in [0.3, 0.4) is 0 Å². The first-order chi connectivity index (χ1) is 12.9. The van der Waals surface area contributed by atoms with E-state index >= 15 is 0 Å². The van der Waals surface area contributed by atoms with E-state index in [-0.39, 0.29) is 41.0 Å². The van der Waals surface area contributed by atoms with Crippen LogP contribution in [0.5, 0.6) is 0 Å². The van der Waals surface area contributed by atoms with Gasteiger partial charge >= 0.3 is 34.3 Å². The zero-order valence-electron chi connectivity index (χ0n) is 16.5. The Morgan fingerprint density at radius 1 is 0.500 bits per heavy atom. The number of hydrogen-bond acceptors (Lipinski definition) is 6. The molecule has 28 heavy (non-hydrogen) atoms. The maximum absolute atomic E-state index is 5.75. The number of rotatable bonds is 4. The van der Waals surface area contributed by atoms with Gasteiger partial charge in [0.05, 0.1) is 38.6 Å². The Kier molecular flexibility index (Phi) is 17.4. The molecule has 0 atom stereocenters. The van der Waals surface area contributed by atoms with Crippen molar-refractivity contribution in [3.05, 3.63) is 0 Å². The Morgan fingerprint density at radius 3 is 1.14 bits per heavy atom. The Hall–Kier alpha value is 1.87. The zero-order chi connectivity index (χ0) is 17.9. The van der Waals surface area contributed by atoms with Crippen LogP contribution in [0.2, 0.25) is 0 Å². The maximum atomic E-state index is 5.75. The molecular weight excluding hydrogens is 565 g/mol. The summed E-state index contributed by atoms with van der Waals surface area (Å²) in [6.07, 6.45) is 15.5. The largest absolute Gasteiger partial charge is 1.00 e. The minimum absolute atomic E-state index is 0. The molecule has 2 aliphatic heterocycles. The van der Waals surface area contributed by atoms with Crippen LogP contribution >= 0.6 is 17.2 Å². The summed E-state index contributed by atoms with van der Waals surface area (Å²) in [7, 11) is -1.99. The predicted molar refractivity (Wildman–Crippen MR) is 103 cm³/mol. The van der Waals surface area contributed by atoms with E-state index in [1.54, 1.807) is 0 Å². The van der Waals surface area contributed by atoms with Crippen LogP contribution in [0.25, 0.3) is 0 Å². The molecule has 0 bridgehead atoms. The first kappa shape index (κ1) is 27.9. The second-order valence-electron chi connectivity index (χ2n) is 7.22. The molecule has 0 N–H and O–H groups in total. The van der Waals surface area contributed by atoms with Crippen LogP contribution in [0.15, 0.2) is 0 Å². The molecule has 2 saturated carbocycles. The first-order valence-electron chi connectivity index (χ1n) is 10.4. The predicted octanol–water partition coefficient (Wildman–Crippen LogP) is 3.00. The number of halogens is 1. The molecule has 0 aromatic heterocycles. The summed E-state index contributed by atoms with van der Waals surface area (Å²) in [5, 5.41) is 0. The standard InChI is InChI=1S/2C9H17O3P.Cu.HI/c2*1-2-5-9(6-3-1)12-13-10-7-4-8-11-13;;/h2*9H,1-8H2;;1H/q;;+1;/p-1. The topological polar surface area (TPSA) is 55.4 Å². The Labute approximate surface area is 200 Å². The van der Waals surface area contributed by atoms with Crippen molar-refractivity contribution in [1.29, 1.82) is 0 Å². The van der Waals surface area contributed by atoms with Crippen molar-refractivity contribution in [2.45, 2.75) is 89.3 Å². The van der Waals surface area contributed by atoms with E-state index in [1.807, 2.05) is 0 Å². The van der Waals surface area contributed by atoms with Crippen LogP contribution in [-0.2, 0) is 44.2 Å². The van der Waals surface area contributed by atoms with Crippen molar-refractivity contribution in [3.63, 3.8) is 0 Å². The average Bonchev–Trinajstić information content (AvgIpc) is 2.72. The van der Waals surface area contributed by atoms with E-state index < -0.39 is 17.2 Å². The third-order valence-electron chi connectivity index (χ3n) is 4.94. The second-order valence-corrected chi connectivity index (χ2v) is 9.57. The third kappa shape index (κ3) is 11.5. The molecule has 4 fully saturated rings. The van der Waals surface area contributed by atoms with E-state index in [2.05, 4.69) is 0 Å². The molecule has 0 unspecified atom stereocenters. The Morgan fingerprint density at radius 2 is 0.821 bits per heavy atom. The monoisotopic (exact) mass is 598 g/mol. The van der Waals surface area contributed by atoms with E-state index in [9.17, 15) is 0 Å². The van der Waals surface area contributed by atoms with Gasteiger partial charge in [0.2, 0.25) is 0 Å². The van der Waals surface area contributed by atoms with Gasteiger partial charge in [0.1, 0.15) is 0 Å². The fourth-order valence-electron chi connectivity index (χ4n) is 3.45. The molecule has 6 nitrogen and oxygen atoms in total. The summed E-state index contributed by atoms with van der Waals surface area (Å²) in [5.74, 6) is 0. The van der Waals surface area contributed by atoms with Crippen molar-refractivity contribution < 1.29 is 68.2 Å². The van der Waals surface area contributed by atoms with Gasteiger partial charge in [0.25, 0.3) is 0 Å². The fourth-order valence-corrected chi connectivity index (χ4v) is 5.87. The summed E-state index contributed by atoms with van der Waals surface area (Å²) < 4.78 is 33.1. The van der Waals surface area contributed by atoms with Gasteiger partial charge in [-0.2, -0.15) is 0 Å². The molecule has 4 rings (SSSR count). The summed E-state index contributed by atoms with van der Waals surface area (Å²) in [6.45, 7) is 3.22. The van der Waals surface area contributed by atoms with Gasteiger partial charge < -0.3 is 51.1 Å². The van der Waals surface area contributed by atoms with Crippen LogP contribution < -0.4 is 24.0 Å². The van der Waals surface area contributed by atoms with Gasteiger partial charge in [0, 0.05) is 0 Å². The van der Waals surface area contributed by atoms with E-state index in [0.29, 0.717) is 12.2 Å². The third-order valence-corrected chi connectivity index (χ3v) is 7.45. The Balaban J connectivity index is 0.000000261. The van der Waals surface area contributed by atoms with Gasteiger partial charge in [-0.15, -0.1) is 0 Å². The van der Waals surface area contributed by atoms with Crippen molar-refractivity contribution in [2.24, 2.45) is 0 Å². The van der Waals surface area contributed by atoms with E-state index in [0.717, 1.165) is 39.3 Å². The molecule has 170 valence electrons. The smallest absolute Gasteiger partial charge is 1.00 e. The minimum Gasteiger partial charge on any atom is -1.00 e. The van der Waals surface area contributed by atoms with Crippen LogP contribution in [0, 0.1) is 0 Å². The molecular formula is C18H34CuIO6P2. The van der Waals surface area contributed by atoms with Gasteiger partial charge in [0.15, 0.2) is 0 Å². The zero-order valence-corrected chi connectivity index (χ0v) is 21.4. The van der Waals surface area contributed by atoms with Crippen molar-refractivity contribution >= 4 is 17.2 Å². The van der Waals surface area contributed by atoms with Gasteiger partial charge in [-0.25, -0.2) is 0 Å². The van der Waals surface area contributed by atoms with Gasteiger partial charge in [-0.05, 0) is 38.5 Å². The molecule has 2 aliphatic carbocycles. The summed E-state index contributed by atoms with van der Waals surface area (Å²) in [6, 6.07) is 0. The normalized spacial score (nSPS) is 25.7. The Bertz CT molecular complexity index is 298. The van der Waals surface area contributed by atoms with Crippen LogP contribution in [0.1, 0.15) is 77.0 Å². The summed E-state index contributed by atoms with van der Waals surface area (Å²) in [4.78, 5) is 0. The molecule has 2 heterocycles. The van der Waals surface area contributed by atoms with Crippen molar-refractivity contribution in [2.75, 3.05) is 26.4 Å². The SMILES string of the molecule is C1CCC(OP2OCCCO2)CC1.C1CCC(OP2OCCCO2)CC1.[Cu+].[I-]. The second kappa shape index (κ2) is 17.4. The molecule has 0 amide bonds. The average molecular weight is 599 g/mol. The molecule has 0 aromatic rings. The van der Waals surface area contributed by atoms with Crippen LogP contribution in [-0.4, -0.2) is 38.6 Å². The summed E-state index contributed by atoms with van der Waals surface area (Å²) in [5.41, 5.74) is 0. The maximum Gasteiger partial charge on any atom is 1.00 e.